The average molecular weight is 268 g/mol. The van der Waals surface area contributed by atoms with Crippen LogP contribution in [-0.2, 0) is 0 Å². The quantitative estimate of drug-likeness (QED) is 0.792. The van der Waals surface area contributed by atoms with Crippen LogP contribution in [0.3, 0.4) is 0 Å². The van der Waals surface area contributed by atoms with E-state index in [0.717, 1.165) is 10.9 Å². The monoisotopic (exact) mass is 268 g/mol. The third kappa shape index (κ3) is 2.30. The topological polar surface area (TPSA) is 50.7 Å². The van der Waals surface area contributed by atoms with E-state index < -0.39 is 5.82 Å². The lowest BCUT2D eigenvalue weighted by atomic mass is 10.1. The van der Waals surface area contributed by atoms with E-state index in [9.17, 15) is 4.39 Å². The molecule has 100 valence electrons. The second-order valence-electron chi connectivity index (χ2n) is 4.33. The Kier molecular flexibility index (Phi) is 3.25. The molecule has 0 aliphatic rings. The normalized spacial score (nSPS) is 10.7. The molecule has 0 saturated carbocycles. The van der Waals surface area contributed by atoms with Crippen LogP contribution in [0.15, 0.2) is 42.7 Å². The summed E-state index contributed by atoms with van der Waals surface area (Å²) in [5.41, 5.74) is 1.88. The second-order valence-corrected chi connectivity index (χ2v) is 4.33. The number of hydrogen-bond acceptors (Lipinski definition) is 4. The van der Waals surface area contributed by atoms with E-state index in [1.807, 2.05) is 37.3 Å². The van der Waals surface area contributed by atoms with Crippen LogP contribution in [0.4, 0.5) is 10.3 Å². The van der Waals surface area contributed by atoms with Gasteiger partial charge in [-0.25, -0.2) is 14.4 Å². The molecule has 0 fully saturated rings. The number of anilines is 1. The molecule has 1 aromatic carbocycles. The first-order valence-electron chi connectivity index (χ1n) is 6.39. The first kappa shape index (κ1) is 12.5. The van der Waals surface area contributed by atoms with Crippen LogP contribution in [0.25, 0.3) is 22.2 Å². The Morgan fingerprint density at radius 2 is 2.10 bits per heavy atom. The van der Waals surface area contributed by atoms with Crippen molar-refractivity contribution in [2.75, 3.05) is 11.9 Å². The maximum Gasteiger partial charge on any atom is 0.223 e. The van der Waals surface area contributed by atoms with Gasteiger partial charge in [0.1, 0.15) is 5.69 Å². The number of nitrogens with zero attached hydrogens (tertiary/aromatic N) is 3. The maximum absolute atomic E-state index is 13.9. The second kappa shape index (κ2) is 5.21. The van der Waals surface area contributed by atoms with Gasteiger partial charge in [0.2, 0.25) is 5.95 Å². The molecule has 2 aromatic heterocycles. The van der Waals surface area contributed by atoms with Crippen LogP contribution in [0, 0.1) is 5.82 Å². The van der Waals surface area contributed by atoms with Gasteiger partial charge in [-0.1, -0.05) is 12.1 Å². The number of pyridine rings is 1. The smallest absolute Gasteiger partial charge is 0.223 e. The molecule has 0 amide bonds. The van der Waals surface area contributed by atoms with Crippen molar-refractivity contribution in [2.45, 2.75) is 6.92 Å². The third-order valence-electron chi connectivity index (χ3n) is 2.96. The Balaban J connectivity index is 2.12. The minimum atomic E-state index is -0.435. The van der Waals surface area contributed by atoms with Crippen molar-refractivity contribution < 1.29 is 4.39 Å². The zero-order valence-electron chi connectivity index (χ0n) is 11.0. The van der Waals surface area contributed by atoms with E-state index in [1.54, 1.807) is 6.20 Å². The highest BCUT2D eigenvalue weighted by Crippen LogP contribution is 2.24. The number of benzene rings is 1. The van der Waals surface area contributed by atoms with Crippen molar-refractivity contribution in [3.8, 4) is 11.3 Å². The Bertz CT molecular complexity index is 758. The fourth-order valence-electron chi connectivity index (χ4n) is 2.04. The molecule has 0 unspecified atom stereocenters. The van der Waals surface area contributed by atoms with Gasteiger partial charge in [0.15, 0.2) is 5.82 Å². The van der Waals surface area contributed by atoms with Crippen molar-refractivity contribution >= 4 is 16.9 Å². The van der Waals surface area contributed by atoms with E-state index in [-0.39, 0.29) is 0 Å². The zero-order valence-corrected chi connectivity index (χ0v) is 11.0. The number of halogens is 1. The summed E-state index contributed by atoms with van der Waals surface area (Å²) in [5, 5.41) is 3.93. The molecule has 3 aromatic rings. The van der Waals surface area contributed by atoms with Crippen LogP contribution in [-0.4, -0.2) is 21.5 Å². The highest BCUT2D eigenvalue weighted by atomic mass is 19.1. The summed E-state index contributed by atoms with van der Waals surface area (Å²) >= 11 is 0. The van der Waals surface area contributed by atoms with Gasteiger partial charge in [-0.3, -0.25) is 4.98 Å². The van der Waals surface area contributed by atoms with Gasteiger partial charge in [0, 0.05) is 23.7 Å². The van der Waals surface area contributed by atoms with Gasteiger partial charge >= 0.3 is 0 Å². The van der Waals surface area contributed by atoms with Gasteiger partial charge in [0.05, 0.1) is 11.7 Å². The highest BCUT2D eigenvalue weighted by molar-refractivity contribution is 5.83. The number of fused-ring (bicyclic) bond motifs is 1. The van der Waals surface area contributed by atoms with Crippen molar-refractivity contribution in [3.63, 3.8) is 0 Å². The molecular formula is C15H13FN4. The van der Waals surface area contributed by atoms with Gasteiger partial charge < -0.3 is 5.32 Å². The van der Waals surface area contributed by atoms with E-state index >= 15 is 0 Å². The summed E-state index contributed by atoms with van der Waals surface area (Å²) in [6.45, 7) is 2.63. The van der Waals surface area contributed by atoms with Crippen molar-refractivity contribution in [3.05, 3.63) is 48.5 Å². The van der Waals surface area contributed by atoms with Crippen molar-refractivity contribution in [2.24, 2.45) is 0 Å². The Hall–Kier alpha value is -2.56. The van der Waals surface area contributed by atoms with Crippen LogP contribution >= 0.6 is 0 Å². The molecular weight excluding hydrogens is 255 g/mol. The number of nitrogens with one attached hydrogen (secondary N) is 1. The Morgan fingerprint density at radius 3 is 2.95 bits per heavy atom. The molecule has 2 heterocycles. The largest absolute Gasteiger partial charge is 0.354 e. The molecule has 20 heavy (non-hydrogen) atoms. The van der Waals surface area contributed by atoms with E-state index in [1.165, 1.54) is 6.20 Å². The number of rotatable bonds is 3. The summed E-state index contributed by atoms with van der Waals surface area (Å²) in [6.07, 6.45) is 2.92. The van der Waals surface area contributed by atoms with Crippen LogP contribution in [0.1, 0.15) is 6.92 Å². The molecule has 0 bridgehead atoms. The molecule has 0 atom stereocenters. The van der Waals surface area contributed by atoms with Crippen LogP contribution in [0.2, 0.25) is 0 Å². The van der Waals surface area contributed by atoms with Crippen LogP contribution < -0.4 is 5.32 Å². The molecule has 0 aliphatic carbocycles. The summed E-state index contributed by atoms with van der Waals surface area (Å²) in [7, 11) is 0. The molecule has 0 spiro atoms. The summed E-state index contributed by atoms with van der Waals surface area (Å²) in [5.74, 6) is -0.00919. The lowest BCUT2D eigenvalue weighted by molar-refractivity contribution is 0.618. The minimum Gasteiger partial charge on any atom is -0.354 e. The van der Waals surface area contributed by atoms with E-state index in [4.69, 9.17) is 0 Å². The summed E-state index contributed by atoms with van der Waals surface area (Å²) in [6, 6.07) is 9.35. The third-order valence-corrected chi connectivity index (χ3v) is 2.96. The zero-order chi connectivity index (χ0) is 13.9. The molecule has 1 N–H and O–H groups in total. The lowest BCUT2D eigenvalue weighted by Gasteiger charge is -2.07. The predicted molar refractivity (Wildman–Crippen MR) is 76.9 cm³/mol. The van der Waals surface area contributed by atoms with Crippen LogP contribution in [0.5, 0.6) is 0 Å². The summed E-state index contributed by atoms with van der Waals surface area (Å²) < 4.78 is 13.9. The number of hydrogen-bond donors (Lipinski definition) is 1. The fraction of sp³-hybridized carbons (Fsp3) is 0.133. The summed E-state index contributed by atoms with van der Waals surface area (Å²) in [4.78, 5) is 12.4. The first-order chi connectivity index (χ1) is 9.78. The average Bonchev–Trinajstić information content (AvgIpc) is 2.49. The maximum atomic E-state index is 13.9. The number of aromatic nitrogens is 3. The predicted octanol–water partition coefficient (Wildman–Crippen LogP) is 3.26. The molecule has 3 rings (SSSR count). The highest BCUT2D eigenvalue weighted by Gasteiger charge is 2.10. The Morgan fingerprint density at radius 1 is 1.20 bits per heavy atom. The van der Waals surface area contributed by atoms with Gasteiger partial charge in [-0.05, 0) is 25.1 Å². The lowest BCUT2D eigenvalue weighted by Crippen LogP contribution is -2.04. The first-order valence-corrected chi connectivity index (χ1v) is 6.39. The molecule has 4 nitrogen and oxygen atoms in total. The van der Waals surface area contributed by atoms with E-state index in [0.29, 0.717) is 23.8 Å². The van der Waals surface area contributed by atoms with Crippen molar-refractivity contribution in [1.29, 1.82) is 0 Å². The van der Waals surface area contributed by atoms with E-state index in [2.05, 4.69) is 20.3 Å². The Labute approximate surface area is 115 Å². The SMILES string of the molecule is CCNc1ncc(F)c(-c2ccc3ncccc3c2)n1. The van der Waals surface area contributed by atoms with Crippen molar-refractivity contribution in [1.82, 2.24) is 15.0 Å². The molecule has 0 radical (unpaired) electrons. The molecule has 0 saturated heterocycles. The standard InChI is InChI=1S/C15H13FN4/c1-2-17-15-19-9-12(16)14(20-15)11-5-6-13-10(8-11)4-3-7-18-13/h3-9H,2H2,1H3,(H,17,19,20). The molecule has 0 aliphatic heterocycles. The van der Waals surface area contributed by atoms with Gasteiger partial charge in [-0.2, -0.15) is 0 Å². The minimum absolute atomic E-state index is 0.293. The van der Waals surface area contributed by atoms with Gasteiger partial charge in [0.25, 0.3) is 0 Å². The molecule has 5 heteroatoms. The van der Waals surface area contributed by atoms with Gasteiger partial charge in [-0.15, -0.1) is 0 Å². The fourth-order valence-corrected chi connectivity index (χ4v) is 2.04.